The Morgan fingerprint density at radius 1 is 1.44 bits per heavy atom. The zero-order valence-electron chi connectivity index (χ0n) is 9.04. The van der Waals surface area contributed by atoms with Gasteiger partial charge in [0.05, 0.1) is 13.3 Å². The van der Waals surface area contributed by atoms with Gasteiger partial charge in [-0.25, -0.2) is 0 Å². The summed E-state index contributed by atoms with van der Waals surface area (Å²) in [5.74, 6) is 1.38. The van der Waals surface area contributed by atoms with E-state index in [0.717, 1.165) is 26.9 Å². The van der Waals surface area contributed by atoms with E-state index < -0.39 is 0 Å². The van der Waals surface area contributed by atoms with Crippen molar-refractivity contribution >= 4 is 21.7 Å². The van der Waals surface area contributed by atoms with Crippen LogP contribution in [-0.2, 0) is 0 Å². The number of aromatic nitrogens is 2. The normalized spacial score (nSPS) is 10.4. The minimum atomic E-state index is 0.554. The maximum atomic E-state index is 5.78. The third kappa shape index (κ3) is 1.78. The molecule has 2 aromatic rings. The van der Waals surface area contributed by atoms with E-state index in [1.54, 1.807) is 13.3 Å². The molecule has 5 heteroatoms. The van der Waals surface area contributed by atoms with Crippen LogP contribution in [0.25, 0.3) is 11.1 Å². The molecule has 0 fully saturated rings. The standard InChI is InChI=1S/C11H12BrN3O/c1-6-9(12)3-7(4-10(6)16-2)8-5-14-15-11(8)13/h3-5H,1-2H3,(H3,13,14,15). The lowest BCUT2D eigenvalue weighted by molar-refractivity contribution is 0.411. The fourth-order valence-corrected chi connectivity index (χ4v) is 1.99. The largest absolute Gasteiger partial charge is 0.496 e. The van der Waals surface area contributed by atoms with Gasteiger partial charge in [0.2, 0.25) is 0 Å². The van der Waals surface area contributed by atoms with Crippen molar-refractivity contribution < 1.29 is 4.74 Å². The molecule has 0 aliphatic rings. The summed E-state index contributed by atoms with van der Waals surface area (Å²) in [6, 6.07) is 3.94. The van der Waals surface area contributed by atoms with Crippen LogP contribution in [0.1, 0.15) is 5.56 Å². The van der Waals surface area contributed by atoms with Gasteiger partial charge in [-0.2, -0.15) is 5.10 Å². The van der Waals surface area contributed by atoms with E-state index in [4.69, 9.17) is 10.5 Å². The fourth-order valence-electron chi connectivity index (χ4n) is 1.55. The van der Waals surface area contributed by atoms with Crippen LogP contribution in [0.5, 0.6) is 5.75 Å². The maximum absolute atomic E-state index is 5.78. The number of halogens is 1. The molecule has 0 aliphatic heterocycles. The number of H-pyrrole nitrogens is 1. The number of nitrogens with zero attached hydrogens (tertiary/aromatic N) is 1. The molecule has 4 nitrogen and oxygen atoms in total. The van der Waals surface area contributed by atoms with Crippen LogP contribution in [0.4, 0.5) is 5.82 Å². The van der Waals surface area contributed by atoms with Gasteiger partial charge in [0, 0.05) is 15.6 Å². The highest BCUT2D eigenvalue weighted by Gasteiger charge is 2.10. The number of hydrogen-bond acceptors (Lipinski definition) is 3. The number of nitrogen functional groups attached to an aromatic ring is 1. The van der Waals surface area contributed by atoms with Gasteiger partial charge in [0.1, 0.15) is 11.6 Å². The molecule has 0 atom stereocenters. The average molecular weight is 282 g/mol. The number of nitrogens with one attached hydrogen (secondary N) is 1. The van der Waals surface area contributed by atoms with Crippen LogP contribution in [0.3, 0.4) is 0 Å². The Labute approximate surface area is 102 Å². The van der Waals surface area contributed by atoms with E-state index in [-0.39, 0.29) is 0 Å². The monoisotopic (exact) mass is 281 g/mol. The summed E-state index contributed by atoms with van der Waals surface area (Å²) in [5, 5.41) is 6.61. The zero-order chi connectivity index (χ0) is 11.7. The molecule has 0 saturated heterocycles. The van der Waals surface area contributed by atoms with Gasteiger partial charge in [0.15, 0.2) is 0 Å². The quantitative estimate of drug-likeness (QED) is 0.890. The van der Waals surface area contributed by atoms with Crippen LogP contribution in [0, 0.1) is 6.92 Å². The van der Waals surface area contributed by atoms with Gasteiger partial charge in [-0.1, -0.05) is 15.9 Å². The molecular formula is C11H12BrN3O. The van der Waals surface area contributed by atoms with Crippen molar-refractivity contribution in [1.29, 1.82) is 0 Å². The predicted molar refractivity (Wildman–Crippen MR) is 67.4 cm³/mol. The molecule has 1 aromatic carbocycles. The lowest BCUT2D eigenvalue weighted by atomic mass is 10.1. The number of aromatic amines is 1. The first-order valence-electron chi connectivity index (χ1n) is 4.77. The van der Waals surface area contributed by atoms with Gasteiger partial charge in [-0.15, -0.1) is 0 Å². The Morgan fingerprint density at radius 2 is 2.19 bits per heavy atom. The molecule has 84 valence electrons. The van der Waals surface area contributed by atoms with Gasteiger partial charge in [-0.3, -0.25) is 5.10 Å². The van der Waals surface area contributed by atoms with E-state index in [9.17, 15) is 0 Å². The molecular weight excluding hydrogens is 270 g/mol. The van der Waals surface area contributed by atoms with Gasteiger partial charge in [0.25, 0.3) is 0 Å². The smallest absolute Gasteiger partial charge is 0.126 e. The lowest BCUT2D eigenvalue weighted by Crippen LogP contribution is -1.91. The van der Waals surface area contributed by atoms with Crippen molar-refractivity contribution in [1.82, 2.24) is 10.2 Å². The highest BCUT2D eigenvalue weighted by molar-refractivity contribution is 9.10. The van der Waals surface area contributed by atoms with Crippen LogP contribution >= 0.6 is 15.9 Å². The molecule has 16 heavy (non-hydrogen) atoms. The summed E-state index contributed by atoms with van der Waals surface area (Å²) in [6.07, 6.45) is 1.70. The summed E-state index contributed by atoms with van der Waals surface area (Å²) in [4.78, 5) is 0. The van der Waals surface area contributed by atoms with Crippen molar-refractivity contribution in [2.24, 2.45) is 0 Å². The van der Waals surface area contributed by atoms with Crippen molar-refractivity contribution in [3.05, 3.63) is 28.4 Å². The second-order valence-electron chi connectivity index (χ2n) is 3.48. The van der Waals surface area contributed by atoms with E-state index in [2.05, 4.69) is 26.1 Å². The third-order valence-corrected chi connectivity index (χ3v) is 3.32. The number of rotatable bonds is 2. The van der Waals surface area contributed by atoms with Gasteiger partial charge < -0.3 is 10.5 Å². The van der Waals surface area contributed by atoms with Crippen LogP contribution < -0.4 is 10.5 Å². The SMILES string of the molecule is COc1cc(-c2cn[nH]c2N)cc(Br)c1C. The first-order chi connectivity index (χ1) is 7.63. The first-order valence-corrected chi connectivity index (χ1v) is 5.56. The molecule has 0 spiro atoms. The minimum absolute atomic E-state index is 0.554. The molecule has 0 amide bonds. The molecule has 0 radical (unpaired) electrons. The predicted octanol–water partition coefficient (Wildman–Crippen LogP) is 2.74. The summed E-state index contributed by atoms with van der Waals surface area (Å²) in [6.45, 7) is 1.99. The van der Waals surface area contributed by atoms with Crippen molar-refractivity contribution in [2.45, 2.75) is 6.92 Å². The second-order valence-corrected chi connectivity index (χ2v) is 4.34. The fraction of sp³-hybridized carbons (Fsp3) is 0.182. The maximum Gasteiger partial charge on any atom is 0.126 e. The summed E-state index contributed by atoms with van der Waals surface area (Å²) < 4.78 is 6.29. The van der Waals surface area contributed by atoms with E-state index in [1.165, 1.54) is 0 Å². The molecule has 1 heterocycles. The van der Waals surface area contributed by atoms with Crippen LogP contribution in [0.2, 0.25) is 0 Å². The topological polar surface area (TPSA) is 63.9 Å². The number of benzene rings is 1. The Bertz CT molecular complexity index is 522. The highest BCUT2D eigenvalue weighted by atomic mass is 79.9. The Hall–Kier alpha value is -1.49. The molecule has 2 rings (SSSR count). The number of nitrogens with two attached hydrogens (primary N) is 1. The van der Waals surface area contributed by atoms with Crippen LogP contribution in [-0.4, -0.2) is 17.3 Å². The third-order valence-electron chi connectivity index (χ3n) is 2.50. The van der Waals surface area contributed by atoms with E-state index in [1.807, 2.05) is 19.1 Å². The highest BCUT2D eigenvalue weighted by Crippen LogP contribution is 2.34. The Balaban J connectivity index is 2.59. The molecule has 0 unspecified atom stereocenters. The molecule has 0 aliphatic carbocycles. The number of hydrogen-bond donors (Lipinski definition) is 2. The van der Waals surface area contributed by atoms with E-state index in [0.29, 0.717) is 5.82 Å². The molecule has 0 saturated carbocycles. The lowest BCUT2D eigenvalue weighted by Gasteiger charge is -2.09. The number of anilines is 1. The minimum Gasteiger partial charge on any atom is -0.496 e. The van der Waals surface area contributed by atoms with Crippen molar-refractivity contribution in [3.63, 3.8) is 0 Å². The Morgan fingerprint density at radius 3 is 2.75 bits per heavy atom. The summed E-state index contributed by atoms with van der Waals surface area (Å²) in [5.41, 5.74) is 8.69. The first kappa shape index (κ1) is 11.0. The van der Waals surface area contributed by atoms with Gasteiger partial charge in [-0.05, 0) is 24.6 Å². The summed E-state index contributed by atoms with van der Waals surface area (Å²) >= 11 is 3.50. The van der Waals surface area contributed by atoms with Crippen molar-refractivity contribution in [2.75, 3.05) is 12.8 Å². The van der Waals surface area contributed by atoms with E-state index >= 15 is 0 Å². The van der Waals surface area contributed by atoms with Gasteiger partial charge >= 0.3 is 0 Å². The Kier molecular flexibility index (Phi) is 2.87. The number of ether oxygens (including phenoxy) is 1. The second kappa shape index (κ2) is 4.17. The van der Waals surface area contributed by atoms with Crippen molar-refractivity contribution in [3.8, 4) is 16.9 Å². The number of methoxy groups -OCH3 is 1. The zero-order valence-corrected chi connectivity index (χ0v) is 10.6. The molecule has 0 bridgehead atoms. The summed E-state index contributed by atoms with van der Waals surface area (Å²) in [7, 11) is 1.65. The average Bonchev–Trinajstić information content (AvgIpc) is 2.68. The molecule has 1 aromatic heterocycles. The molecule has 3 N–H and O–H groups in total. The van der Waals surface area contributed by atoms with Crippen LogP contribution in [0.15, 0.2) is 22.8 Å².